The van der Waals surface area contributed by atoms with Crippen LogP contribution < -0.4 is 5.73 Å². The molecule has 98 valence electrons. The molecule has 0 bridgehead atoms. The first kappa shape index (κ1) is 13.7. The predicted molar refractivity (Wildman–Crippen MR) is 79.5 cm³/mol. The number of nitrogens with two attached hydrogens (primary N) is 1. The molecule has 0 spiro atoms. The van der Waals surface area contributed by atoms with E-state index in [0.29, 0.717) is 5.37 Å². The molecular weight excluding hydrogens is 272 g/mol. The van der Waals surface area contributed by atoms with Gasteiger partial charge in [-0.25, -0.2) is 4.79 Å². The van der Waals surface area contributed by atoms with Gasteiger partial charge in [-0.05, 0) is 19.3 Å². The van der Waals surface area contributed by atoms with Crippen molar-refractivity contribution in [2.24, 2.45) is 5.73 Å². The molecule has 2 fully saturated rings. The molecule has 0 saturated carbocycles. The standard InChI is InChI=1S/C11H20N2OS3/c12-11(14)13-6-8-15-10(13)4-2-1-3-9-5-7-16-17-9/h9-10H,1-8H2,(H2,12,14). The Hall–Kier alpha value is 0.320. The average molecular weight is 292 g/mol. The number of hydrogen-bond donors (Lipinski definition) is 1. The van der Waals surface area contributed by atoms with E-state index in [0.717, 1.165) is 24.0 Å². The lowest BCUT2D eigenvalue weighted by atomic mass is 10.1. The summed E-state index contributed by atoms with van der Waals surface area (Å²) in [6.45, 7) is 0.833. The fourth-order valence-electron chi connectivity index (χ4n) is 2.27. The molecule has 2 saturated heterocycles. The summed E-state index contributed by atoms with van der Waals surface area (Å²) in [5.41, 5.74) is 5.36. The fourth-order valence-corrected chi connectivity index (χ4v) is 6.59. The van der Waals surface area contributed by atoms with Gasteiger partial charge in [0.1, 0.15) is 0 Å². The zero-order chi connectivity index (χ0) is 12.1. The molecule has 2 unspecified atom stereocenters. The summed E-state index contributed by atoms with van der Waals surface area (Å²) < 4.78 is 0. The van der Waals surface area contributed by atoms with E-state index in [4.69, 9.17) is 5.73 Å². The largest absolute Gasteiger partial charge is 0.351 e. The molecule has 0 aromatic rings. The Morgan fingerprint density at radius 3 is 2.82 bits per heavy atom. The topological polar surface area (TPSA) is 46.3 Å². The number of amides is 2. The van der Waals surface area contributed by atoms with E-state index in [-0.39, 0.29) is 6.03 Å². The number of thioether (sulfide) groups is 1. The lowest BCUT2D eigenvalue weighted by Crippen LogP contribution is -2.38. The molecule has 17 heavy (non-hydrogen) atoms. The van der Waals surface area contributed by atoms with Gasteiger partial charge < -0.3 is 10.6 Å². The second kappa shape index (κ2) is 7.04. The molecule has 2 rings (SSSR count). The van der Waals surface area contributed by atoms with Crippen LogP contribution in [0.25, 0.3) is 0 Å². The van der Waals surface area contributed by atoms with Crippen molar-refractivity contribution in [2.75, 3.05) is 18.1 Å². The van der Waals surface area contributed by atoms with Crippen molar-refractivity contribution in [3.8, 4) is 0 Å². The number of nitrogens with zero attached hydrogens (tertiary/aromatic N) is 1. The number of hydrogen-bond acceptors (Lipinski definition) is 4. The third-order valence-corrected chi connectivity index (χ3v) is 7.53. The Bertz CT molecular complexity index is 259. The van der Waals surface area contributed by atoms with Gasteiger partial charge in [-0.1, -0.05) is 34.4 Å². The van der Waals surface area contributed by atoms with Gasteiger partial charge in [0.15, 0.2) is 0 Å². The summed E-state index contributed by atoms with van der Waals surface area (Å²) in [6.07, 6.45) is 6.34. The van der Waals surface area contributed by atoms with Gasteiger partial charge in [0, 0.05) is 23.3 Å². The van der Waals surface area contributed by atoms with Crippen molar-refractivity contribution in [3.63, 3.8) is 0 Å². The molecular formula is C11H20N2OS3. The summed E-state index contributed by atoms with van der Waals surface area (Å²) in [6, 6.07) is -0.247. The van der Waals surface area contributed by atoms with E-state index in [2.05, 4.69) is 10.8 Å². The SMILES string of the molecule is NC(=O)N1CCSC1CCCCC1CCSS1. The van der Waals surface area contributed by atoms with Crippen molar-refractivity contribution in [3.05, 3.63) is 0 Å². The minimum atomic E-state index is -0.247. The Balaban J connectivity index is 1.59. The maximum absolute atomic E-state index is 11.2. The van der Waals surface area contributed by atoms with Crippen LogP contribution in [0.3, 0.4) is 0 Å². The van der Waals surface area contributed by atoms with Gasteiger partial charge in [-0.2, -0.15) is 0 Å². The minimum Gasteiger partial charge on any atom is -0.351 e. The highest BCUT2D eigenvalue weighted by Gasteiger charge is 2.27. The van der Waals surface area contributed by atoms with Crippen LogP contribution in [-0.2, 0) is 0 Å². The molecule has 3 nitrogen and oxygen atoms in total. The van der Waals surface area contributed by atoms with Crippen molar-refractivity contribution < 1.29 is 4.79 Å². The number of urea groups is 1. The quantitative estimate of drug-likeness (QED) is 0.624. The highest BCUT2D eigenvalue weighted by atomic mass is 33.1. The van der Waals surface area contributed by atoms with Gasteiger partial charge in [-0.15, -0.1) is 11.8 Å². The van der Waals surface area contributed by atoms with Crippen molar-refractivity contribution in [1.82, 2.24) is 4.90 Å². The summed E-state index contributed by atoms with van der Waals surface area (Å²) in [5, 5.41) is 1.22. The third kappa shape index (κ3) is 4.17. The smallest absolute Gasteiger partial charge is 0.315 e. The maximum atomic E-state index is 11.2. The van der Waals surface area contributed by atoms with Gasteiger partial charge in [0.05, 0.1) is 5.37 Å². The first-order valence-electron chi connectivity index (χ1n) is 6.23. The first-order valence-corrected chi connectivity index (χ1v) is 9.66. The molecule has 6 heteroatoms. The number of carbonyl (C=O) groups is 1. The van der Waals surface area contributed by atoms with Gasteiger partial charge >= 0.3 is 6.03 Å². The van der Waals surface area contributed by atoms with E-state index < -0.39 is 0 Å². The van der Waals surface area contributed by atoms with Crippen molar-refractivity contribution >= 4 is 39.4 Å². The summed E-state index contributed by atoms with van der Waals surface area (Å²) in [5.74, 6) is 2.37. The van der Waals surface area contributed by atoms with Crippen LogP contribution in [0, 0.1) is 0 Å². The second-order valence-electron chi connectivity index (χ2n) is 4.47. The number of primary amides is 1. The molecule has 2 aliphatic heterocycles. The molecule has 2 heterocycles. The fraction of sp³-hybridized carbons (Fsp3) is 0.909. The van der Waals surface area contributed by atoms with Crippen LogP contribution in [-0.4, -0.2) is 39.6 Å². The van der Waals surface area contributed by atoms with Crippen LogP contribution in [0.2, 0.25) is 0 Å². The molecule has 2 aliphatic rings. The minimum absolute atomic E-state index is 0.247. The number of carbonyl (C=O) groups excluding carboxylic acids is 1. The lowest BCUT2D eigenvalue weighted by Gasteiger charge is -2.21. The molecule has 0 radical (unpaired) electrons. The van der Waals surface area contributed by atoms with Crippen LogP contribution in [0.5, 0.6) is 0 Å². The highest BCUT2D eigenvalue weighted by Crippen LogP contribution is 2.40. The lowest BCUT2D eigenvalue weighted by molar-refractivity contribution is 0.207. The molecule has 2 amide bonds. The Morgan fingerprint density at radius 2 is 2.12 bits per heavy atom. The summed E-state index contributed by atoms with van der Waals surface area (Å²) in [7, 11) is 4.07. The molecule has 0 aromatic heterocycles. The van der Waals surface area contributed by atoms with Crippen molar-refractivity contribution in [2.45, 2.75) is 42.7 Å². The van der Waals surface area contributed by atoms with Gasteiger partial charge in [-0.3, -0.25) is 0 Å². The zero-order valence-electron chi connectivity index (χ0n) is 9.97. The van der Waals surface area contributed by atoms with Gasteiger partial charge in [0.25, 0.3) is 0 Å². The van der Waals surface area contributed by atoms with Crippen LogP contribution in [0.15, 0.2) is 0 Å². The third-order valence-electron chi connectivity index (χ3n) is 3.23. The van der Waals surface area contributed by atoms with Crippen molar-refractivity contribution in [1.29, 1.82) is 0 Å². The Morgan fingerprint density at radius 1 is 1.29 bits per heavy atom. The van der Waals surface area contributed by atoms with E-state index in [1.54, 1.807) is 0 Å². The highest BCUT2D eigenvalue weighted by molar-refractivity contribution is 8.77. The first-order chi connectivity index (χ1) is 8.27. The normalized spacial score (nSPS) is 28.8. The summed E-state index contributed by atoms with van der Waals surface area (Å²) >= 11 is 1.88. The predicted octanol–water partition coefficient (Wildman–Crippen LogP) is 3.15. The monoisotopic (exact) mass is 292 g/mol. The molecule has 2 N–H and O–H groups in total. The van der Waals surface area contributed by atoms with E-state index in [1.165, 1.54) is 31.4 Å². The number of rotatable bonds is 5. The Labute approximate surface area is 115 Å². The van der Waals surface area contributed by atoms with E-state index in [9.17, 15) is 4.79 Å². The molecule has 0 aliphatic carbocycles. The zero-order valence-corrected chi connectivity index (χ0v) is 12.4. The number of unbranched alkanes of at least 4 members (excludes halogenated alkanes) is 1. The van der Waals surface area contributed by atoms with Gasteiger partial charge in [0.2, 0.25) is 0 Å². The van der Waals surface area contributed by atoms with Crippen LogP contribution in [0.4, 0.5) is 4.79 Å². The summed E-state index contributed by atoms with van der Waals surface area (Å²) in [4.78, 5) is 13.0. The van der Waals surface area contributed by atoms with E-state index in [1.807, 2.05) is 27.5 Å². The van der Waals surface area contributed by atoms with Crippen LogP contribution >= 0.6 is 33.3 Å². The van der Waals surface area contributed by atoms with E-state index >= 15 is 0 Å². The Kier molecular flexibility index (Phi) is 5.69. The molecule has 0 aromatic carbocycles. The second-order valence-corrected chi connectivity index (χ2v) is 8.54. The maximum Gasteiger partial charge on any atom is 0.315 e. The molecule has 2 atom stereocenters. The van der Waals surface area contributed by atoms with Crippen LogP contribution in [0.1, 0.15) is 32.1 Å². The average Bonchev–Trinajstić information content (AvgIpc) is 2.95.